The van der Waals surface area contributed by atoms with Crippen LogP contribution < -0.4 is 0 Å². The molecule has 0 bridgehead atoms. The van der Waals surface area contributed by atoms with E-state index in [0.29, 0.717) is 6.54 Å². The maximum absolute atomic E-state index is 12.0. The summed E-state index contributed by atoms with van der Waals surface area (Å²) < 4.78 is 0. The quantitative estimate of drug-likeness (QED) is 0.687. The summed E-state index contributed by atoms with van der Waals surface area (Å²) in [4.78, 5) is 37.5. The Kier molecular flexibility index (Phi) is 3.96. The lowest BCUT2D eigenvalue weighted by Gasteiger charge is -2.24. The molecule has 100 valence electrons. The number of carbonyl (C=O) groups excluding carboxylic acids is 3. The van der Waals surface area contributed by atoms with Gasteiger partial charge in [0.15, 0.2) is 0 Å². The van der Waals surface area contributed by atoms with Gasteiger partial charge in [-0.3, -0.25) is 19.3 Å². The van der Waals surface area contributed by atoms with Crippen molar-refractivity contribution in [2.24, 2.45) is 0 Å². The average molecular weight is 254 g/mol. The molecule has 0 radical (unpaired) electrons. The van der Waals surface area contributed by atoms with Crippen molar-refractivity contribution >= 4 is 17.7 Å². The van der Waals surface area contributed by atoms with Crippen LogP contribution in [0.4, 0.5) is 0 Å². The second-order valence-electron chi connectivity index (χ2n) is 4.75. The van der Waals surface area contributed by atoms with Gasteiger partial charge in [-0.25, -0.2) is 0 Å². The molecule has 1 atom stereocenters. The van der Waals surface area contributed by atoms with E-state index in [1.54, 1.807) is 4.90 Å². The van der Waals surface area contributed by atoms with Crippen molar-refractivity contribution in [3.8, 4) is 0 Å². The Balaban J connectivity index is 1.84. The van der Waals surface area contributed by atoms with Crippen LogP contribution in [0, 0.1) is 0 Å². The van der Waals surface area contributed by atoms with Crippen LogP contribution in [0.25, 0.3) is 0 Å². The maximum atomic E-state index is 12.0. The fourth-order valence-electron chi connectivity index (χ4n) is 2.58. The Morgan fingerprint density at radius 1 is 1.28 bits per heavy atom. The summed E-state index contributed by atoms with van der Waals surface area (Å²) in [5, 5.41) is 9.14. The van der Waals surface area contributed by atoms with E-state index in [-0.39, 0.29) is 56.2 Å². The minimum absolute atomic E-state index is 0.0205. The Hall–Kier alpha value is -1.43. The Morgan fingerprint density at radius 3 is 2.56 bits per heavy atom. The molecule has 2 rings (SSSR count). The molecule has 6 heteroatoms. The lowest BCUT2D eigenvalue weighted by molar-refractivity contribution is -0.139. The van der Waals surface area contributed by atoms with Gasteiger partial charge >= 0.3 is 0 Å². The van der Waals surface area contributed by atoms with E-state index < -0.39 is 0 Å². The van der Waals surface area contributed by atoms with Crippen molar-refractivity contribution in [1.29, 1.82) is 0 Å². The molecular formula is C12H18N2O4. The van der Waals surface area contributed by atoms with Gasteiger partial charge in [-0.05, 0) is 12.8 Å². The third-order valence-electron chi connectivity index (χ3n) is 3.61. The molecule has 0 saturated carbocycles. The molecule has 2 heterocycles. The van der Waals surface area contributed by atoms with Gasteiger partial charge in [0.1, 0.15) is 0 Å². The highest BCUT2D eigenvalue weighted by atomic mass is 16.3. The number of nitrogens with zero attached hydrogens (tertiary/aromatic N) is 2. The molecule has 0 spiro atoms. The Bertz CT molecular complexity index is 353. The van der Waals surface area contributed by atoms with E-state index >= 15 is 0 Å². The summed E-state index contributed by atoms with van der Waals surface area (Å²) in [6, 6.07) is -0.0949. The lowest BCUT2D eigenvalue weighted by Crippen LogP contribution is -2.40. The molecule has 2 saturated heterocycles. The molecule has 0 aromatic rings. The molecule has 0 aromatic heterocycles. The molecule has 1 N–H and O–H groups in total. The Morgan fingerprint density at radius 2 is 1.94 bits per heavy atom. The monoisotopic (exact) mass is 254 g/mol. The molecule has 3 amide bonds. The second kappa shape index (κ2) is 5.48. The summed E-state index contributed by atoms with van der Waals surface area (Å²) in [5.74, 6) is -0.458. The van der Waals surface area contributed by atoms with E-state index in [0.717, 1.165) is 12.8 Å². The van der Waals surface area contributed by atoms with Crippen molar-refractivity contribution in [2.45, 2.75) is 38.1 Å². The molecule has 2 aliphatic heterocycles. The second-order valence-corrected chi connectivity index (χ2v) is 4.75. The predicted octanol–water partition coefficient (Wildman–Crippen LogP) is -0.491. The predicted molar refractivity (Wildman–Crippen MR) is 62.4 cm³/mol. The smallest absolute Gasteiger partial charge is 0.229 e. The molecule has 0 aliphatic carbocycles. The average Bonchev–Trinajstić information content (AvgIpc) is 2.94. The van der Waals surface area contributed by atoms with Gasteiger partial charge in [0.25, 0.3) is 0 Å². The van der Waals surface area contributed by atoms with Crippen LogP contribution in [-0.4, -0.2) is 58.4 Å². The highest BCUT2D eigenvalue weighted by Gasteiger charge is 2.31. The standard InChI is InChI=1S/C12H18N2O4/c15-8-9-2-1-6-13(9)12(18)5-7-14-10(16)3-4-11(14)17/h9,15H,1-8H2/t9-/m1/s1. The topological polar surface area (TPSA) is 77.9 Å². The van der Waals surface area contributed by atoms with Crippen LogP contribution in [0.2, 0.25) is 0 Å². The van der Waals surface area contributed by atoms with Gasteiger partial charge in [0.05, 0.1) is 12.6 Å². The van der Waals surface area contributed by atoms with E-state index in [2.05, 4.69) is 0 Å². The number of likely N-dealkylation sites (tertiary alicyclic amines) is 2. The zero-order valence-corrected chi connectivity index (χ0v) is 10.3. The van der Waals surface area contributed by atoms with E-state index in [4.69, 9.17) is 5.11 Å². The summed E-state index contributed by atoms with van der Waals surface area (Å²) in [6.45, 7) is 0.810. The first-order valence-corrected chi connectivity index (χ1v) is 6.37. The number of aliphatic hydroxyl groups excluding tert-OH is 1. The SMILES string of the molecule is O=C1CCC(=O)N1CCC(=O)N1CCC[C@@H]1CO. The third-order valence-corrected chi connectivity index (χ3v) is 3.61. The van der Waals surface area contributed by atoms with Gasteiger partial charge in [0.2, 0.25) is 17.7 Å². The summed E-state index contributed by atoms with van der Waals surface area (Å²) in [5.41, 5.74) is 0. The minimum atomic E-state index is -0.187. The van der Waals surface area contributed by atoms with Crippen LogP contribution in [-0.2, 0) is 14.4 Å². The molecule has 2 fully saturated rings. The van der Waals surface area contributed by atoms with Crippen LogP contribution in [0.5, 0.6) is 0 Å². The number of hydrogen-bond acceptors (Lipinski definition) is 4. The van der Waals surface area contributed by atoms with Crippen molar-refractivity contribution in [3.05, 3.63) is 0 Å². The summed E-state index contributed by atoms with van der Waals surface area (Å²) in [7, 11) is 0. The normalized spacial score (nSPS) is 24.2. The van der Waals surface area contributed by atoms with E-state index in [1.807, 2.05) is 0 Å². The van der Waals surface area contributed by atoms with E-state index in [9.17, 15) is 14.4 Å². The molecule has 0 unspecified atom stereocenters. The van der Waals surface area contributed by atoms with Gasteiger partial charge < -0.3 is 10.0 Å². The Labute approximate surface area is 106 Å². The summed E-state index contributed by atoms with van der Waals surface area (Å²) in [6.07, 6.45) is 2.41. The van der Waals surface area contributed by atoms with Crippen molar-refractivity contribution in [3.63, 3.8) is 0 Å². The first-order valence-electron chi connectivity index (χ1n) is 6.37. The van der Waals surface area contributed by atoms with Crippen molar-refractivity contribution < 1.29 is 19.5 Å². The van der Waals surface area contributed by atoms with E-state index in [1.165, 1.54) is 4.90 Å². The van der Waals surface area contributed by atoms with Crippen LogP contribution in [0.15, 0.2) is 0 Å². The number of rotatable bonds is 4. The highest BCUT2D eigenvalue weighted by Crippen LogP contribution is 2.18. The van der Waals surface area contributed by atoms with Crippen LogP contribution >= 0.6 is 0 Å². The zero-order valence-electron chi connectivity index (χ0n) is 10.3. The van der Waals surface area contributed by atoms with Gasteiger partial charge in [-0.1, -0.05) is 0 Å². The minimum Gasteiger partial charge on any atom is -0.394 e. The number of imide groups is 1. The number of hydrogen-bond donors (Lipinski definition) is 1. The number of carbonyl (C=O) groups is 3. The number of amides is 3. The first kappa shape index (κ1) is 13.0. The zero-order chi connectivity index (χ0) is 13.1. The van der Waals surface area contributed by atoms with Crippen LogP contribution in [0.3, 0.4) is 0 Å². The van der Waals surface area contributed by atoms with Crippen molar-refractivity contribution in [1.82, 2.24) is 9.80 Å². The summed E-state index contributed by atoms with van der Waals surface area (Å²) >= 11 is 0. The molecule has 0 aromatic carbocycles. The van der Waals surface area contributed by atoms with Crippen LogP contribution in [0.1, 0.15) is 32.1 Å². The maximum Gasteiger partial charge on any atom is 0.229 e. The largest absolute Gasteiger partial charge is 0.394 e. The molecule has 2 aliphatic rings. The van der Waals surface area contributed by atoms with Crippen molar-refractivity contribution in [2.75, 3.05) is 19.7 Å². The van der Waals surface area contributed by atoms with Gasteiger partial charge in [-0.2, -0.15) is 0 Å². The third kappa shape index (κ3) is 2.53. The highest BCUT2D eigenvalue weighted by molar-refractivity contribution is 6.02. The number of aliphatic hydroxyl groups is 1. The fraction of sp³-hybridized carbons (Fsp3) is 0.750. The first-order chi connectivity index (χ1) is 8.63. The molecule has 6 nitrogen and oxygen atoms in total. The lowest BCUT2D eigenvalue weighted by atomic mass is 10.2. The molecular weight excluding hydrogens is 236 g/mol. The van der Waals surface area contributed by atoms with Gasteiger partial charge in [-0.15, -0.1) is 0 Å². The van der Waals surface area contributed by atoms with Gasteiger partial charge in [0, 0.05) is 32.4 Å². The molecule has 18 heavy (non-hydrogen) atoms. The fourth-order valence-corrected chi connectivity index (χ4v) is 2.58.